The summed E-state index contributed by atoms with van der Waals surface area (Å²) in [4.78, 5) is 20.6. The zero-order valence-electron chi connectivity index (χ0n) is 16.2. The standard InChI is InChI=1S/C22H18F3N3O3/c23-14-2-1-3-15(24)20(14)21-16(25)4-5-17(27-21)22(30)28-18-11-26-8-6-13(18)19-10-12(29)7-9-31-19/h1-6,8,11-12,19,29H,7,9-10H2,(H,28,30). The molecule has 3 aromatic rings. The number of aliphatic hydroxyl groups is 1. The molecule has 31 heavy (non-hydrogen) atoms. The van der Waals surface area contributed by atoms with Gasteiger partial charge in [0, 0.05) is 24.8 Å². The number of hydrogen-bond acceptors (Lipinski definition) is 5. The van der Waals surface area contributed by atoms with Crippen molar-refractivity contribution in [3.05, 3.63) is 77.5 Å². The Balaban J connectivity index is 1.64. The molecule has 3 heterocycles. The number of nitrogens with one attached hydrogen (secondary N) is 1. The Morgan fingerprint density at radius 3 is 2.61 bits per heavy atom. The molecular weight excluding hydrogens is 411 g/mol. The van der Waals surface area contributed by atoms with Crippen LogP contribution < -0.4 is 5.32 Å². The molecule has 1 aliphatic rings. The molecule has 0 bridgehead atoms. The number of aliphatic hydroxyl groups excluding tert-OH is 1. The molecule has 6 nitrogen and oxygen atoms in total. The van der Waals surface area contributed by atoms with Crippen LogP contribution in [-0.4, -0.2) is 33.7 Å². The molecule has 4 rings (SSSR count). The van der Waals surface area contributed by atoms with Crippen LogP contribution in [0.5, 0.6) is 0 Å². The Hall–Kier alpha value is -3.30. The summed E-state index contributed by atoms with van der Waals surface area (Å²) in [6.45, 7) is 0.374. The summed E-state index contributed by atoms with van der Waals surface area (Å²) in [6, 6.07) is 6.81. The van der Waals surface area contributed by atoms with Gasteiger partial charge in [0.25, 0.3) is 5.91 Å². The molecule has 1 aliphatic heterocycles. The van der Waals surface area contributed by atoms with Crippen molar-refractivity contribution in [2.24, 2.45) is 0 Å². The number of rotatable bonds is 4. The van der Waals surface area contributed by atoms with E-state index < -0.39 is 46.8 Å². The first-order valence-corrected chi connectivity index (χ1v) is 9.60. The quantitative estimate of drug-likeness (QED) is 0.654. The van der Waals surface area contributed by atoms with Crippen molar-refractivity contribution in [3.8, 4) is 11.3 Å². The molecule has 2 aromatic heterocycles. The van der Waals surface area contributed by atoms with E-state index in [1.54, 1.807) is 6.07 Å². The number of anilines is 1. The van der Waals surface area contributed by atoms with Crippen LogP contribution >= 0.6 is 0 Å². The number of hydrogen-bond donors (Lipinski definition) is 2. The summed E-state index contributed by atoms with van der Waals surface area (Å²) < 4.78 is 48.2. The molecule has 160 valence electrons. The van der Waals surface area contributed by atoms with E-state index in [0.29, 0.717) is 30.7 Å². The zero-order chi connectivity index (χ0) is 22.0. The lowest BCUT2D eigenvalue weighted by molar-refractivity contribution is -0.0444. The topological polar surface area (TPSA) is 84.3 Å². The number of nitrogens with zero attached hydrogens (tertiary/aromatic N) is 2. The van der Waals surface area contributed by atoms with Gasteiger partial charge in [-0.05, 0) is 36.8 Å². The van der Waals surface area contributed by atoms with E-state index in [1.165, 1.54) is 12.4 Å². The van der Waals surface area contributed by atoms with Crippen LogP contribution in [0.4, 0.5) is 18.9 Å². The molecule has 0 radical (unpaired) electrons. The number of pyridine rings is 2. The highest BCUT2D eigenvalue weighted by atomic mass is 19.1. The van der Waals surface area contributed by atoms with Gasteiger partial charge in [0.2, 0.25) is 0 Å². The average Bonchev–Trinajstić information content (AvgIpc) is 2.75. The van der Waals surface area contributed by atoms with Crippen molar-refractivity contribution in [1.29, 1.82) is 0 Å². The van der Waals surface area contributed by atoms with Gasteiger partial charge < -0.3 is 15.2 Å². The molecule has 9 heteroatoms. The number of benzene rings is 1. The van der Waals surface area contributed by atoms with E-state index in [2.05, 4.69) is 15.3 Å². The monoisotopic (exact) mass is 429 g/mol. The van der Waals surface area contributed by atoms with Crippen molar-refractivity contribution in [3.63, 3.8) is 0 Å². The molecule has 1 amide bonds. The third kappa shape index (κ3) is 4.42. The lowest BCUT2D eigenvalue weighted by Gasteiger charge is -2.28. The Morgan fingerprint density at radius 1 is 1.10 bits per heavy atom. The van der Waals surface area contributed by atoms with E-state index in [9.17, 15) is 23.1 Å². The minimum absolute atomic E-state index is 0.238. The fourth-order valence-corrected chi connectivity index (χ4v) is 3.44. The van der Waals surface area contributed by atoms with Gasteiger partial charge in [-0.25, -0.2) is 18.2 Å². The summed E-state index contributed by atoms with van der Waals surface area (Å²) in [5, 5.41) is 12.5. The first-order valence-electron chi connectivity index (χ1n) is 9.60. The van der Waals surface area contributed by atoms with Crippen LogP contribution in [0, 0.1) is 17.5 Å². The van der Waals surface area contributed by atoms with Crippen molar-refractivity contribution in [2.45, 2.75) is 25.0 Å². The van der Waals surface area contributed by atoms with Gasteiger partial charge in [0.05, 0.1) is 29.7 Å². The van der Waals surface area contributed by atoms with Gasteiger partial charge in [-0.2, -0.15) is 0 Å². The van der Waals surface area contributed by atoms with Gasteiger partial charge in [0.1, 0.15) is 28.8 Å². The molecule has 0 spiro atoms. The van der Waals surface area contributed by atoms with Gasteiger partial charge in [-0.1, -0.05) is 6.07 Å². The van der Waals surface area contributed by atoms with E-state index in [-0.39, 0.29) is 5.69 Å². The molecule has 1 saturated heterocycles. The number of carbonyl (C=O) groups is 1. The Labute approximate surface area is 175 Å². The molecular formula is C22H18F3N3O3. The first-order chi connectivity index (χ1) is 14.9. The fraction of sp³-hybridized carbons (Fsp3) is 0.227. The number of aromatic nitrogens is 2. The lowest BCUT2D eigenvalue weighted by atomic mass is 9.99. The summed E-state index contributed by atoms with van der Waals surface area (Å²) >= 11 is 0. The third-order valence-corrected chi connectivity index (χ3v) is 4.98. The number of ether oxygens (including phenoxy) is 1. The van der Waals surface area contributed by atoms with Crippen molar-refractivity contribution in [2.75, 3.05) is 11.9 Å². The SMILES string of the molecule is O=C(Nc1cnccc1C1CC(O)CCO1)c1ccc(F)c(-c2c(F)cccc2F)n1. The highest BCUT2D eigenvalue weighted by Crippen LogP contribution is 2.33. The largest absolute Gasteiger partial charge is 0.393 e. The predicted molar refractivity (Wildman–Crippen MR) is 106 cm³/mol. The average molecular weight is 429 g/mol. The minimum Gasteiger partial charge on any atom is -0.393 e. The maximum atomic E-state index is 14.3. The second kappa shape index (κ2) is 8.83. The summed E-state index contributed by atoms with van der Waals surface area (Å²) in [7, 11) is 0. The molecule has 1 fully saturated rings. The van der Waals surface area contributed by atoms with Gasteiger partial charge >= 0.3 is 0 Å². The van der Waals surface area contributed by atoms with Crippen LogP contribution in [-0.2, 0) is 4.74 Å². The predicted octanol–water partition coefficient (Wildman–Crippen LogP) is 4.03. The normalized spacial score (nSPS) is 18.6. The minimum atomic E-state index is -0.994. The van der Waals surface area contributed by atoms with Crippen molar-refractivity contribution >= 4 is 11.6 Å². The maximum Gasteiger partial charge on any atom is 0.274 e. The van der Waals surface area contributed by atoms with Crippen molar-refractivity contribution < 1.29 is 27.8 Å². The molecule has 0 saturated carbocycles. The summed E-state index contributed by atoms with van der Waals surface area (Å²) in [5.41, 5.74) is -0.547. The Bertz CT molecular complexity index is 1110. The van der Waals surface area contributed by atoms with E-state index >= 15 is 0 Å². The summed E-state index contributed by atoms with van der Waals surface area (Å²) in [6.07, 6.45) is 2.87. The van der Waals surface area contributed by atoms with Crippen molar-refractivity contribution in [1.82, 2.24) is 9.97 Å². The van der Waals surface area contributed by atoms with E-state index in [1.807, 2.05) is 0 Å². The lowest BCUT2D eigenvalue weighted by Crippen LogP contribution is -2.25. The molecule has 2 atom stereocenters. The molecule has 1 aromatic carbocycles. The van der Waals surface area contributed by atoms with Crippen LogP contribution in [0.1, 0.15) is 35.0 Å². The molecule has 0 aliphatic carbocycles. The van der Waals surface area contributed by atoms with Crippen LogP contribution in [0.25, 0.3) is 11.3 Å². The Morgan fingerprint density at radius 2 is 1.87 bits per heavy atom. The smallest absolute Gasteiger partial charge is 0.274 e. The Kier molecular flexibility index (Phi) is 5.97. The van der Waals surface area contributed by atoms with Crippen LogP contribution in [0.3, 0.4) is 0 Å². The van der Waals surface area contributed by atoms with E-state index in [4.69, 9.17) is 4.74 Å². The number of carbonyl (C=O) groups excluding carboxylic acids is 1. The first kappa shape index (κ1) is 21.0. The van der Waals surface area contributed by atoms with E-state index in [0.717, 1.165) is 30.3 Å². The highest BCUT2D eigenvalue weighted by Gasteiger charge is 2.26. The van der Waals surface area contributed by atoms with Crippen LogP contribution in [0.15, 0.2) is 48.8 Å². The zero-order valence-corrected chi connectivity index (χ0v) is 16.2. The van der Waals surface area contributed by atoms with Crippen LogP contribution in [0.2, 0.25) is 0 Å². The second-order valence-electron chi connectivity index (χ2n) is 7.08. The number of halogens is 3. The number of amides is 1. The molecule has 2 unspecified atom stereocenters. The van der Waals surface area contributed by atoms with Gasteiger partial charge in [-0.15, -0.1) is 0 Å². The maximum absolute atomic E-state index is 14.3. The summed E-state index contributed by atoms with van der Waals surface area (Å²) in [5.74, 6) is -3.67. The second-order valence-corrected chi connectivity index (χ2v) is 7.08. The highest BCUT2D eigenvalue weighted by molar-refractivity contribution is 6.03. The third-order valence-electron chi connectivity index (χ3n) is 4.98. The molecule has 2 N–H and O–H groups in total. The van der Waals surface area contributed by atoms with Gasteiger partial charge in [0.15, 0.2) is 0 Å². The fourth-order valence-electron chi connectivity index (χ4n) is 3.44. The van der Waals surface area contributed by atoms with Gasteiger partial charge in [-0.3, -0.25) is 9.78 Å².